The van der Waals surface area contributed by atoms with E-state index in [9.17, 15) is 18.0 Å². The third kappa shape index (κ3) is 3.51. The van der Waals surface area contributed by atoms with Crippen molar-refractivity contribution >= 4 is 17.4 Å². The molecule has 1 N–H and O–H groups in total. The van der Waals surface area contributed by atoms with Gasteiger partial charge in [0.15, 0.2) is 0 Å². The highest BCUT2D eigenvalue weighted by Gasteiger charge is 2.56. The molecule has 0 radical (unpaired) electrons. The standard InChI is InChI=1S/C16H18F3N3O2S/c1-15(2)12(16(17,18)19)5-6-22(15)14(23)20-8-10-9-24-13(21-10)11-4-3-7-25-11/h3-4,7,9,12H,5-6,8H2,1-2H3,(H,20,23). The van der Waals surface area contributed by atoms with Crippen molar-refractivity contribution in [2.24, 2.45) is 5.92 Å². The molecule has 9 heteroatoms. The van der Waals surface area contributed by atoms with E-state index >= 15 is 0 Å². The minimum Gasteiger partial charge on any atom is -0.443 e. The van der Waals surface area contributed by atoms with Crippen LogP contribution in [0.5, 0.6) is 0 Å². The molecule has 1 aliphatic heterocycles. The quantitative estimate of drug-likeness (QED) is 0.874. The Hall–Kier alpha value is -2.03. The lowest BCUT2D eigenvalue weighted by atomic mass is 9.88. The van der Waals surface area contributed by atoms with Gasteiger partial charge in [-0.3, -0.25) is 0 Å². The fraction of sp³-hybridized carbons (Fsp3) is 0.500. The highest BCUT2D eigenvalue weighted by Crippen LogP contribution is 2.44. The number of rotatable bonds is 3. The van der Waals surface area contributed by atoms with E-state index in [1.165, 1.54) is 36.3 Å². The van der Waals surface area contributed by atoms with Crippen LogP contribution in [-0.4, -0.2) is 34.2 Å². The van der Waals surface area contributed by atoms with Gasteiger partial charge in [-0.1, -0.05) is 6.07 Å². The lowest BCUT2D eigenvalue weighted by Crippen LogP contribution is -2.52. The number of nitrogens with one attached hydrogen (secondary N) is 1. The number of carbonyl (C=O) groups excluding carboxylic acids is 1. The summed E-state index contributed by atoms with van der Waals surface area (Å²) >= 11 is 1.48. The lowest BCUT2D eigenvalue weighted by molar-refractivity contribution is -0.189. The van der Waals surface area contributed by atoms with Crippen molar-refractivity contribution in [1.82, 2.24) is 15.2 Å². The zero-order valence-corrected chi connectivity index (χ0v) is 14.6. The number of urea groups is 1. The zero-order valence-electron chi connectivity index (χ0n) is 13.8. The molecule has 1 atom stereocenters. The van der Waals surface area contributed by atoms with E-state index in [2.05, 4.69) is 10.3 Å². The number of hydrogen-bond acceptors (Lipinski definition) is 4. The summed E-state index contributed by atoms with van der Waals surface area (Å²) in [5, 5.41) is 4.52. The molecule has 0 aromatic carbocycles. The van der Waals surface area contributed by atoms with E-state index in [1.54, 1.807) is 0 Å². The number of oxazole rings is 1. The van der Waals surface area contributed by atoms with Gasteiger partial charge in [0, 0.05) is 6.54 Å². The Morgan fingerprint density at radius 2 is 2.28 bits per heavy atom. The van der Waals surface area contributed by atoms with E-state index in [-0.39, 0.29) is 19.5 Å². The summed E-state index contributed by atoms with van der Waals surface area (Å²) < 4.78 is 44.7. The summed E-state index contributed by atoms with van der Waals surface area (Å²) in [7, 11) is 0. The number of amides is 2. The van der Waals surface area contributed by atoms with Gasteiger partial charge in [-0.2, -0.15) is 13.2 Å². The molecule has 0 bridgehead atoms. The Morgan fingerprint density at radius 3 is 2.88 bits per heavy atom. The zero-order chi connectivity index (χ0) is 18.2. The topological polar surface area (TPSA) is 58.4 Å². The summed E-state index contributed by atoms with van der Waals surface area (Å²) in [5.41, 5.74) is -0.769. The van der Waals surface area contributed by atoms with Crippen molar-refractivity contribution in [3.63, 3.8) is 0 Å². The molecular formula is C16H18F3N3O2S. The molecule has 3 heterocycles. The molecule has 2 amide bonds. The maximum Gasteiger partial charge on any atom is 0.394 e. The summed E-state index contributed by atoms with van der Waals surface area (Å²) in [6.45, 7) is 3.06. The fourth-order valence-electron chi connectivity index (χ4n) is 3.18. The second kappa shape index (κ2) is 6.36. The van der Waals surface area contributed by atoms with Crippen molar-refractivity contribution in [2.45, 2.75) is 38.5 Å². The van der Waals surface area contributed by atoms with Crippen molar-refractivity contribution in [3.05, 3.63) is 29.5 Å². The summed E-state index contributed by atoms with van der Waals surface area (Å²) in [6, 6.07) is 3.21. The van der Waals surface area contributed by atoms with Crippen molar-refractivity contribution < 1.29 is 22.4 Å². The summed E-state index contributed by atoms with van der Waals surface area (Å²) in [4.78, 5) is 18.7. The van der Waals surface area contributed by atoms with Gasteiger partial charge < -0.3 is 14.6 Å². The minimum atomic E-state index is -4.32. The van der Waals surface area contributed by atoms with Gasteiger partial charge in [-0.15, -0.1) is 11.3 Å². The molecule has 2 aromatic heterocycles. The van der Waals surface area contributed by atoms with Crippen LogP contribution in [0.2, 0.25) is 0 Å². The smallest absolute Gasteiger partial charge is 0.394 e. The van der Waals surface area contributed by atoms with E-state index in [1.807, 2.05) is 17.5 Å². The number of hydrogen-bond donors (Lipinski definition) is 1. The minimum absolute atomic E-state index is 0.0717. The average Bonchev–Trinajstić information content (AvgIpc) is 3.22. The molecule has 136 valence electrons. The third-order valence-corrected chi connectivity index (χ3v) is 5.39. The number of halogens is 3. The van der Waals surface area contributed by atoms with Crippen molar-refractivity contribution in [1.29, 1.82) is 0 Å². The van der Waals surface area contributed by atoms with Gasteiger partial charge in [-0.25, -0.2) is 9.78 Å². The second-order valence-electron chi connectivity index (χ2n) is 6.47. The Morgan fingerprint density at radius 1 is 1.52 bits per heavy atom. The molecule has 25 heavy (non-hydrogen) atoms. The number of nitrogens with zero attached hydrogens (tertiary/aromatic N) is 2. The van der Waals surface area contributed by atoms with Crippen LogP contribution in [0.3, 0.4) is 0 Å². The predicted octanol–water partition coefficient (Wildman–Crippen LogP) is 4.28. The van der Waals surface area contributed by atoms with Gasteiger partial charge >= 0.3 is 12.2 Å². The highest BCUT2D eigenvalue weighted by atomic mass is 32.1. The summed E-state index contributed by atoms with van der Waals surface area (Å²) in [5.74, 6) is -1.07. The lowest BCUT2D eigenvalue weighted by Gasteiger charge is -2.36. The Labute approximate surface area is 146 Å². The highest BCUT2D eigenvalue weighted by molar-refractivity contribution is 7.13. The molecule has 3 rings (SSSR count). The maximum absolute atomic E-state index is 13.1. The molecule has 0 saturated carbocycles. The normalized spacial score (nSPS) is 20.0. The molecule has 1 aliphatic rings. The van der Waals surface area contributed by atoms with Crippen LogP contribution in [0.25, 0.3) is 10.8 Å². The number of thiophene rings is 1. The monoisotopic (exact) mass is 373 g/mol. The van der Waals surface area contributed by atoms with E-state index < -0.39 is 23.7 Å². The van der Waals surface area contributed by atoms with E-state index in [0.717, 1.165) is 4.88 Å². The van der Waals surface area contributed by atoms with Crippen LogP contribution in [0, 0.1) is 5.92 Å². The van der Waals surface area contributed by atoms with Gasteiger partial charge in [0.25, 0.3) is 0 Å². The van der Waals surface area contributed by atoms with Gasteiger partial charge in [0.1, 0.15) is 6.26 Å². The molecule has 0 aliphatic carbocycles. The van der Waals surface area contributed by atoms with Gasteiger partial charge in [0.2, 0.25) is 5.89 Å². The van der Waals surface area contributed by atoms with E-state index in [0.29, 0.717) is 11.6 Å². The Bertz CT molecular complexity index is 740. The average molecular weight is 373 g/mol. The predicted molar refractivity (Wildman–Crippen MR) is 87.0 cm³/mol. The molecule has 1 fully saturated rings. The first-order chi connectivity index (χ1) is 11.7. The fourth-order valence-corrected chi connectivity index (χ4v) is 3.83. The number of aromatic nitrogens is 1. The molecule has 0 spiro atoms. The first-order valence-electron chi connectivity index (χ1n) is 7.80. The van der Waals surface area contributed by atoms with Crippen LogP contribution >= 0.6 is 11.3 Å². The van der Waals surface area contributed by atoms with Crippen molar-refractivity contribution in [2.75, 3.05) is 6.54 Å². The van der Waals surface area contributed by atoms with Gasteiger partial charge in [-0.05, 0) is 31.7 Å². The van der Waals surface area contributed by atoms with Gasteiger partial charge in [0.05, 0.1) is 28.6 Å². The molecule has 2 aromatic rings. The number of likely N-dealkylation sites (tertiary alicyclic amines) is 1. The number of carbonyl (C=O) groups is 1. The largest absolute Gasteiger partial charge is 0.443 e. The first kappa shape index (κ1) is 17.8. The number of alkyl halides is 3. The molecule has 5 nitrogen and oxygen atoms in total. The SMILES string of the molecule is CC1(C)C(C(F)(F)F)CCN1C(=O)NCc1coc(-c2cccs2)n1. The van der Waals surface area contributed by atoms with Crippen LogP contribution in [0.15, 0.2) is 28.2 Å². The summed E-state index contributed by atoms with van der Waals surface area (Å²) in [6.07, 6.45) is -2.97. The third-order valence-electron chi connectivity index (χ3n) is 4.53. The molecule has 1 saturated heterocycles. The van der Waals surface area contributed by atoms with Crippen molar-refractivity contribution in [3.8, 4) is 10.8 Å². The first-order valence-corrected chi connectivity index (χ1v) is 8.68. The van der Waals surface area contributed by atoms with Crippen LogP contribution in [0.4, 0.5) is 18.0 Å². The maximum atomic E-state index is 13.1. The second-order valence-corrected chi connectivity index (χ2v) is 7.42. The Kier molecular flexibility index (Phi) is 4.52. The van der Waals surface area contributed by atoms with Crippen LogP contribution in [-0.2, 0) is 6.54 Å². The van der Waals surface area contributed by atoms with Crippen LogP contribution in [0.1, 0.15) is 26.0 Å². The molecular weight excluding hydrogens is 355 g/mol. The molecule has 1 unspecified atom stereocenters. The Balaban J connectivity index is 1.62. The van der Waals surface area contributed by atoms with E-state index in [4.69, 9.17) is 4.42 Å². The van der Waals surface area contributed by atoms with Crippen LogP contribution < -0.4 is 5.32 Å².